The Labute approximate surface area is 107 Å². The molecule has 86 valence electrons. The Morgan fingerprint density at radius 3 is 2.81 bits per heavy atom. The van der Waals surface area contributed by atoms with E-state index in [0.717, 1.165) is 5.56 Å². The highest BCUT2D eigenvalue weighted by molar-refractivity contribution is 7.99. The van der Waals surface area contributed by atoms with Crippen LogP contribution in [0.25, 0.3) is 0 Å². The minimum atomic E-state index is -0.833. The van der Waals surface area contributed by atoms with Crippen LogP contribution in [0, 0.1) is 0 Å². The van der Waals surface area contributed by atoms with Crippen molar-refractivity contribution in [1.82, 2.24) is 5.32 Å². The maximum atomic E-state index is 10.8. The Morgan fingerprint density at radius 1 is 1.50 bits per heavy atom. The van der Waals surface area contributed by atoms with Crippen LogP contribution in [0.2, 0.25) is 10.0 Å². The molecule has 0 saturated carbocycles. The summed E-state index contributed by atoms with van der Waals surface area (Å²) >= 11 is 13.4. The molecule has 2 atom stereocenters. The van der Waals surface area contributed by atoms with E-state index in [1.807, 2.05) is 6.07 Å². The molecule has 16 heavy (non-hydrogen) atoms. The summed E-state index contributed by atoms with van der Waals surface area (Å²) < 4.78 is 0. The molecule has 0 radical (unpaired) electrons. The van der Waals surface area contributed by atoms with Gasteiger partial charge in [-0.25, -0.2) is 0 Å². The van der Waals surface area contributed by atoms with Gasteiger partial charge >= 0.3 is 5.97 Å². The quantitative estimate of drug-likeness (QED) is 0.873. The highest BCUT2D eigenvalue weighted by Gasteiger charge is 2.31. The summed E-state index contributed by atoms with van der Waals surface area (Å²) in [5.74, 6) is -0.293. The van der Waals surface area contributed by atoms with Gasteiger partial charge in [0.15, 0.2) is 0 Å². The summed E-state index contributed by atoms with van der Waals surface area (Å²) in [6, 6.07) is 4.72. The molecule has 1 aromatic carbocycles. The highest BCUT2D eigenvalue weighted by Crippen LogP contribution is 2.37. The highest BCUT2D eigenvalue weighted by atomic mass is 35.5. The van der Waals surface area contributed by atoms with Gasteiger partial charge in [0.1, 0.15) is 6.04 Å². The van der Waals surface area contributed by atoms with E-state index in [0.29, 0.717) is 15.8 Å². The fourth-order valence-electron chi connectivity index (χ4n) is 1.51. The second-order valence-corrected chi connectivity index (χ2v) is 5.42. The van der Waals surface area contributed by atoms with Gasteiger partial charge in [-0.15, -0.1) is 11.8 Å². The van der Waals surface area contributed by atoms with E-state index in [2.05, 4.69) is 5.32 Å². The van der Waals surface area contributed by atoms with E-state index in [-0.39, 0.29) is 5.37 Å². The first-order chi connectivity index (χ1) is 7.58. The van der Waals surface area contributed by atoms with E-state index in [4.69, 9.17) is 28.3 Å². The first-order valence-electron chi connectivity index (χ1n) is 4.63. The first-order valence-corrected chi connectivity index (χ1v) is 6.44. The monoisotopic (exact) mass is 277 g/mol. The van der Waals surface area contributed by atoms with Gasteiger partial charge in [0.2, 0.25) is 0 Å². The fraction of sp³-hybridized carbons (Fsp3) is 0.300. The molecule has 1 aliphatic rings. The van der Waals surface area contributed by atoms with Crippen LogP contribution in [0.5, 0.6) is 0 Å². The molecule has 1 aliphatic heterocycles. The van der Waals surface area contributed by atoms with Gasteiger partial charge in [0.25, 0.3) is 0 Å². The number of hydrogen-bond donors (Lipinski definition) is 2. The minimum absolute atomic E-state index is 0.0779. The Bertz CT molecular complexity index is 427. The van der Waals surface area contributed by atoms with Gasteiger partial charge in [0, 0.05) is 15.8 Å². The smallest absolute Gasteiger partial charge is 0.321 e. The van der Waals surface area contributed by atoms with Crippen molar-refractivity contribution < 1.29 is 9.90 Å². The van der Waals surface area contributed by atoms with Gasteiger partial charge < -0.3 is 5.11 Å². The average Bonchev–Trinajstić information content (AvgIpc) is 2.66. The van der Waals surface area contributed by atoms with Gasteiger partial charge in [-0.3, -0.25) is 10.1 Å². The lowest BCUT2D eigenvalue weighted by Crippen LogP contribution is -2.33. The third-order valence-corrected chi connectivity index (χ3v) is 4.14. The predicted octanol–water partition coefficient (Wildman–Crippen LogP) is 2.78. The van der Waals surface area contributed by atoms with Gasteiger partial charge in [-0.1, -0.05) is 29.3 Å². The van der Waals surface area contributed by atoms with Crippen molar-refractivity contribution in [2.45, 2.75) is 11.4 Å². The molecule has 2 N–H and O–H groups in total. The number of thioether (sulfide) groups is 1. The zero-order chi connectivity index (χ0) is 11.7. The lowest BCUT2D eigenvalue weighted by atomic mass is 10.2. The van der Waals surface area contributed by atoms with Gasteiger partial charge in [-0.2, -0.15) is 0 Å². The van der Waals surface area contributed by atoms with Crippen molar-refractivity contribution in [3.8, 4) is 0 Å². The summed E-state index contributed by atoms with van der Waals surface area (Å²) in [7, 11) is 0. The molecule has 2 unspecified atom stereocenters. The van der Waals surface area contributed by atoms with E-state index in [9.17, 15) is 4.79 Å². The summed E-state index contributed by atoms with van der Waals surface area (Å²) in [5, 5.41) is 12.9. The molecule has 0 bridgehead atoms. The van der Waals surface area contributed by atoms with Crippen LogP contribution < -0.4 is 5.32 Å². The maximum absolute atomic E-state index is 10.8. The number of aliphatic carboxylic acids is 1. The predicted molar refractivity (Wildman–Crippen MR) is 66.2 cm³/mol. The molecule has 1 heterocycles. The van der Waals surface area contributed by atoms with Crippen LogP contribution in [0.3, 0.4) is 0 Å². The topological polar surface area (TPSA) is 49.3 Å². The molecule has 1 fully saturated rings. The second-order valence-electron chi connectivity index (χ2n) is 3.44. The van der Waals surface area contributed by atoms with Crippen molar-refractivity contribution in [2.75, 3.05) is 5.75 Å². The number of carbonyl (C=O) groups is 1. The molecular formula is C10H9Cl2NO2S. The van der Waals surface area contributed by atoms with E-state index < -0.39 is 12.0 Å². The summed E-state index contributed by atoms with van der Waals surface area (Å²) in [4.78, 5) is 10.8. The van der Waals surface area contributed by atoms with E-state index >= 15 is 0 Å². The number of hydrogen-bond acceptors (Lipinski definition) is 3. The second kappa shape index (κ2) is 4.84. The number of benzene rings is 1. The molecule has 2 rings (SSSR count). The van der Waals surface area contributed by atoms with Crippen molar-refractivity contribution in [1.29, 1.82) is 0 Å². The zero-order valence-electron chi connectivity index (χ0n) is 8.11. The molecule has 1 saturated heterocycles. The Kier molecular flexibility index (Phi) is 3.64. The number of carboxylic acids is 1. The number of nitrogens with one attached hydrogen (secondary N) is 1. The average molecular weight is 278 g/mol. The first kappa shape index (κ1) is 12.0. The van der Waals surface area contributed by atoms with Crippen molar-refractivity contribution in [2.24, 2.45) is 0 Å². The van der Waals surface area contributed by atoms with Gasteiger partial charge in [0.05, 0.1) is 5.37 Å². The van der Waals surface area contributed by atoms with Crippen molar-refractivity contribution >= 4 is 40.9 Å². The third kappa shape index (κ3) is 2.46. The number of rotatable bonds is 2. The lowest BCUT2D eigenvalue weighted by molar-refractivity contribution is -0.138. The summed E-state index contributed by atoms with van der Waals surface area (Å²) in [5.41, 5.74) is 0.875. The zero-order valence-corrected chi connectivity index (χ0v) is 10.4. The third-order valence-electron chi connectivity index (χ3n) is 2.33. The molecule has 3 nitrogen and oxygen atoms in total. The molecular weight excluding hydrogens is 269 g/mol. The molecule has 1 aromatic rings. The summed E-state index contributed by atoms with van der Waals surface area (Å²) in [6.07, 6.45) is 0. The SMILES string of the molecule is O=C(O)C1CSC(c2ccc(Cl)cc2Cl)N1. The molecule has 0 aliphatic carbocycles. The van der Waals surface area contributed by atoms with Crippen LogP contribution in [0.1, 0.15) is 10.9 Å². The maximum Gasteiger partial charge on any atom is 0.321 e. The van der Waals surface area contributed by atoms with Crippen LogP contribution in [-0.2, 0) is 4.79 Å². The van der Waals surface area contributed by atoms with E-state index in [1.165, 1.54) is 11.8 Å². The largest absolute Gasteiger partial charge is 0.480 e. The molecule has 6 heteroatoms. The normalized spacial score (nSPS) is 24.6. The summed E-state index contributed by atoms with van der Waals surface area (Å²) in [6.45, 7) is 0. The molecule has 0 aromatic heterocycles. The Balaban J connectivity index is 2.17. The number of carboxylic acid groups (broad SMARTS) is 1. The van der Waals surface area contributed by atoms with Gasteiger partial charge in [-0.05, 0) is 17.7 Å². The van der Waals surface area contributed by atoms with Crippen LogP contribution in [0.15, 0.2) is 18.2 Å². The standard InChI is InChI=1S/C10H9Cl2NO2S/c11-5-1-2-6(7(12)3-5)9-13-8(4-16-9)10(14)15/h1-3,8-9,13H,4H2,(H,14,15). The fourth-order valence-corrected chi connectivity index (χ4v) is 3.36. The lowest BCUT2D eigenvalue weighted by Gasteiger charge is -2.13. The van der Waals surface area contributed by atoms with Crippen LogP contribution >= 0.6 is 35.0 Å². The van der Waals surface area contributed by atoms with E-state index in [1.54, 1.807) is 12.1 Å². The van der Waals surface area contributed by atoms with Crippen molar-refractivity contribution in [3.05, 3.63) is 33.8 Å². The number of halogens is 2. The Morgan fingerprint density at radius 2 is 2.25 bits per heavy atom. The van der Waals surface area contributed by atoms with Crippen LogP contribution in [-0.4, -0.2) is 22.9 Å². The van der Waals surface area contributed by atoms with Crippen LogP contribution in [0.4, 0.5) is 0 Å². The molecule has 0 amide bonds. The molecule has 0 spiro atoms. The Hall–Kier alpha value is -0.420. The van der Waals surface area contributed by atoms with Crippen molar-refractivity contribution in [3.63, 3.8) is 0 Å². The minimum Gasteiger partial charge on any atom is -0.480 e.